The smallest absolute Gasteiger partial charge is 0.303 e. The van der Waals surface area contributed by atoms with Gasteiger partial charge in [-0.2, -0.15) is 0 Å². The molecular weight excluding hydrogens is 474 g/mol. The summed E-state index contributed by atoms with van der Waals surface area (Å²) in [4.78, 5) is 13.9. The Labute approximate surface area is 229 Å². The van der Waals surface area contributed by atoms with Crippen LogP contribution in [0.3, 0.4) is 0 Å². The van der Waals surface area contributed by atoms with Crippen LogP contribution in [0.5, 0.6) is 11.5 Å². The number of rotatable bonds is 13. The fourth-order valence-electron chi connectivity index (χ4n) is 5.78. The second kappa shape index (κ2) is 12.9. The second-order valence-corrected chi connectivity index (χ2v) is 12.6. The van der Waals surface area contributed by atoms with E-state index in [1.165, 1.54) is 30.5 Å². The van der Waals surface area contributed by atoms with E-state index in [9.17, 15) is 9.90 Å². The number of unbranched alkanes of at least 4 members (excludes halogenated alkanes) is 1. The number of piperidine rings is 1. The summed E-state index contributed by atoms with van der Waals surface area (Å²) in [6, 6.07) is 14.7. The maximum Gasteiger partial charge on any atom is 0.303 e. The van der Waals surface area contributed by atoms with E-state index in [0.717, 1.165) is 62.3 Å². The number of aryl methyl sites for hydroxylation is 1. The summed E-state index contributed by atoms with van der Waals surface area (Å²) in [6.07, 6.45) is 9.51. The predicted octanol–water partition coefficient (Wildman–Crippen LogP) is 7.72. The maximum atomic E-state index is 11.4. The van der Waals surface area contributed by atoms with Gasteiger partial charge in [0.15, 0.2) is 0 Å². The number of aliphatic carboxylic acids is 1. The molecule has 38 heavy (non-hydrogen) atoms. The molecule has 1 unspecified atom stereocenters. The van der Waals surface area contributed by atoms with Crippen molar-refractivity contribution in [1.29, 1.82) is 0 Å². The topological polar surface area (TPSA) is 59.0 Å². The minimum atomic E-state index is -0.718. The molecule has 0 spiro atoms. The van der Waals surface area contributed by atoms with Gasteiger partial charge in [-0.05, 0) is 97.4 Å². The van der Waals surface area contributed by atoms with Gasteiger partial charge in [0.25, 0.3) is 0 Å². The van der Waals surface area contributed by atoms with Crippen LogP contribution in [0.4, 0.5) is 5.69 Å². The minimum absolute atomic E-state index is 0.102. The first-order valence-corrected chi connectivity index (χ1v) is 14.6. The molecule has 2 fully saturated rings. The highest BCUT2D eigenvalue weighted by atomic mass is 16.5. The predicted molar refractivity (Wildman–Crippen MR) is 155 cm³/mol. The van der Waals surface area contributed by atoms with Crippen LogP contribution in [0.1, 0.15) is 89.2 Å². The molecule has 1 saturated heterocycles. The van der Waals surface area contributed by atoms with E-state index in [1.54, 1.807) is 7.11 Å². The highest BCUT2D eigenvalue weighted by Crippen LogP contribution is 2.45. The largest absolute Gasteiger partial charge is 0.497 e. The summed E-state index contributed by atoms with van der Waals surface area (Å²) in [5.74, 6) is 2.20. The first-order chi connectivity index (χ1) is 18.2. The summed E-state index contributed by atoms with van der Waals surface area (Å²) in [5.41, 5.74) is 4.26. The number of anilines is 1. The third-order valence-electron chi connectivity index (χ3n) is 8.23. The minimum Gasteiger partial charge on any atom is -0.497 e. The highest BCUT2D eigenvalue weighted by molar-refractivity contribution is 5.68. The fourth-order valence-corrected chi connectivity index (χ4v) is 5.78. The number of benzene rings is 2. The summed E-state index contributed by atoms with van der Waals surface area (Å²) >= 11 is 0. The van der Waals surface area contributed by atoms with E-state index in [-0.39, 0.29) is 12.3 Å². The van der Waals surface area contributed by atoms with Gasteiger partial charge in [-0.25, -0.2) is 0 Å². The van der Waals surface area contributed by atoms with Gasteiger partial charge in [-0.1, -0.05) is 45.4 Å². The molecule has 208 valence electrons. The molecule has 0 amide bonds. The van der Waals surface area contributed by atoms with Crippen molar-refractivity contribution in [3.8, 4) is 11.5 Å². The number of ether oxygens (including phenoxy) is 2. The lowest BCUT2D eigenvalue weighted by Gasteiger charge is -2.35. The summed E-state index contributed by atoms with van der Waals surface area (Å²) in [6.45, 7) is 9.72. The van der Waals surface area contributed by atoms with Crippen molar-refractivity contribution in [3.63, 3.8) is 0 Å². The van der Waals surface area contributed by atoms with E-state index < -0.39 is 5.97 Å². The lowest BCUT2D eigenvalue weighted by molar-refractivity contribution is -0.137. The monoisotopic (exact) mass is 521 g/mol. The molecule has 2 aromatic rings. The van der Waals surface area contributed by atoms with E-state index in [2.05, 4.69) is 56.0 Å². The van der Waals surface area contributed by atoms with Crippen LogP contribution in [0.2, 0.25) is 0 Å². The summed E-state index contributed by atoms with van der Waals surface area (Å²) < 4.78 is 11.8. The third-order valence-corrected chi connectivity index (χ3v) is 8.23. The molecule has 1 heterocycles. The molecule has 1 N–H and O–H groups in total. The van der Waals surface area contributed by atoms with Crippen molar-refractivity contribution in [1.82, 2.24) is 0 Å². The molecule has 2 aliphatic rings. The Morgan fingerprint density at radius 3 is 2.45 bits per heavy atom. The second-order valence-electron chi connectivity index (χ2n) is 12.6. The van der Waals surface area contributed by atoms with E-state index in [0.29, 0.717) is 23.9 Å². The van der Waals surface area contributed by atoms with Crippen LogP contribution in [0.15, 0.2) is 42.5 Å². The van der Waals surface area contributed by atoms with Gasteiger partial charge in [0.2, 0.25) is 0 Å². The molecule has 2 aromatic carbocycles. The lowest BCUT2D eigenvalue weighted by atomic mass is 9.89. The SMILES string of the molecule is COc1ccc(CCCCC(C)(C)C)c(N2CCC(COc3cccc(C(CC(=O)O)C4CC4)c3)CC2)c1. The van der Waals surface area contributed by atoms with Crippen LogP contribution in [-0.4, -0.2) is 37.9 Å². The average molecular weight is 522 g/mol. The zero-order chi connectivity index (χ0) is 27.1. The van der Waals surface area contributed by atoms with Crippen LogP contribution in [0, 0.1) is 17.3 Å². The zero-order valence-electron chi connectivity index (χ0n) is 23.9. The van der Waals surface area contributed by atoms with E-state index in [4.69, 9.17) is 9.47 Å². The van der Waals surface area contributed by atoms with Gasteiger partial charge in [0.05, 0.1) is 20.1 Å². The van der Waals surface area contributed by atoms with Gasteiger partial charge in [-0.3, -0.25) is 4.79 Å². The Kier molecular flexibility index (Phi) is 9.62. The molecule has 1 atom stereocenters. The van der Waals surface area contributed by atoms with Crippen LogP contribution in [-0.2, 0) is 11.2 Å². The molecule has 1 aliphatic heterocycles. The molecule has 0 radical (unpaired) electrons. The highest BCUT2D eigenvalue weighted by Gasteiger charge is 2.34. The zero-order valence-corrected chi connectivity index (χ0v) is 23.9. The molecule has 1 saturated carbocycles. The molecular formula is C33H47NO4. The number of hydrogen-bond donors (Lipinski definition) is 1. The Balaban J connectivity index is 1.30. The van der Waals surface area contributed by atoms with Crippen LogP contribution >= 0.6 is 0 Å². The molecule has 1 aliphatic carbocycles. The Morgan fingerprint density at radius 2 is 1.79 bits per heavy atom. The molecule has 5 heteroatoms. The number of carbonyl (C=O) groups is 1. The van der Waals surface area contributed by atoms with E-state index in [1.807, 2.05) is 12.1 Å². The Bertz CT molecular complexity index is 1050. The van der Waals surface area contributed by atoms with Gasteiger partial charge in [0, 0.05) is 24.8 Å². The van der Waals surface area contributed by atoms with Crippen molar-refractivity contribution in [3.05, 3.63) is 53.6 Å². The number of carboxylic acids is 1. The molecule has 0 bridgehead atoms. The molecule has 5 nitrogen and oxygen atoms in total. The molecule has 4 rings (SSSR count). The normalized spacial score (nSPS) is 17.3. The summed E-state index contributed by atoms with van der Waals surface area (Å²) in [7, 11) is 1.75. The van der Waals surface area contributed by atoms with Gasteiger partial charge in [-0.15, -0.1) is 0 Å². The van der Waals surface area contributed by atoms with Crippen molar-refractivity contribution in [2.24, 2.45) is 17.3 Å². The first kappa shape index (κ1) is 28.3. The lowest BCUT2D eigenvalue weighted by Crippen LogP contribution is -2.36. The maximum absolute atomic E-state index is 11.4. The molecule has 0 aromatic heterocycles. The van der Waals surface area contributed by atoms with E-state index >= 15 is 0 Å². The fraction of sp³-hybridized carbons (Fsp3) is 0.606. The van der Waals surface area contributed by atoms with Crippen molar-refractivity contribution >= 4 is 11.7 Å². The number of methoxy groups -OCH3 is 1. The van der Waals surface area contributed by atoms with Crippen molar-refractivity contribution in [2.75, 3.05) is 31.7 Å². The third kappa shape index (κ3) is 8.41. The number of carboxylic acid groups (broad SMARTS) is 1. The quantitative estimate of drug-likeness (QED) is 0.274. The van der Waals surface area contributed by atoms with Crippen LogP contribution in [0.25, 0.3) is 0 Å². The van der Waals surface area contributed by atoms with Crippen molar-refractivity contribution in [2.45, 2.75) is 84.5 Å². The standard InChI is InChI=1S/C33H47NO4/c1-33(2,3)17-6-5-8-26-13-14-28(37-4)21-31(26)34-18-15-24(16-19-34)23-38-29-10-7-9-27(20-29)30(22-32(35)36)25-11-12-25/h7,9-10,13-14,20-21,24-25,30H,5-6,8,11-12,15-19,22-23H2,1-4H3,(H,35,36). The van der Waals surface area contributed by atoms with Crippen LogP contribution < -0.4 is 14.4 Å². The number of nitrogens with zero attached hydrogens (tertiary/aromatic N) is 1. The summed E-state index contributed by atoms with van der Waals surface area (Å²) in [5, 5.41) is 9.36. The van der Waals surface area contributed by atoms with Gasteiger partial charge in [0.1, 0.15) is 11.5 Å². The number of hydrogen-bond acceptors (Lipinski definition) is 4. The van der Waals surface area contributed by atoms with Gasteiger partial charge >= 0.3 is 5.97 Å². The average Bonchev–Trinajstić information content (AvgIpc) is 3.74. The first-order valence-electron chi connectivity index (χ1n) is 14.6. The van der Waals surface area contributed by atoms with Gasteiger partial charge < -0.3 is 19.5 Å². The Morgan fingerprint density at radius 1 is 1.03 bits per heavy atom. The van der Waals surface area contributed by atoms with Crippen molar-refractivity contribution < 1.29 is 19.4 Å². The Hall–Kier alpha value is -2.69.